The highest BCUT2D eigenvalue weighted by Gasteiger charge is 2.15. The third-order valence-corrected chi connectivity index (χ3v) is 4.58. The second kappa shape index (κ2) is 4.60. The Hall–Kier alpha value is -2.34. The largest absolute Gasteiger partial charge is 0.467 e. The molecule has 5 nitrogen and oxygen atoms in total. The van der Waals surface area contributed by atoms with Crippen LogP contribution in [0.1, 0.15) is 17.0 Å². The maximum absolute atomic E-state index is 5.33. The smallest absolute Gasteiger partial charge is 0.166 e. The number of hydrogen-bond acceptors (Lipinski definition) is 5. The number of pyridine rings is 1. The Bertz CT molecular complexity index is 920. The van der Waals surface area contributed by atoms with Crippen LogP contribution in [0.5, 0.6) is 0 Å². The molecule has 6 heteroatoms. The van der Waals surface area contributed by atoms with Crippen molar-refractivity contribution in [3.8, 4) is 0 Å². The summed E-state index contributed by atoms with van der Waals surface area (Å²) in [6.45, 7) is 4.75. The lowest BCUT2D eigenvalue weighted by molar-refractivity contribution is 0.518. The second-order valence-electron chi connectivity index (χ2n) is 5.07. The number of hydrogen-bond donors (Lipinski definition) is 2. The van der Waals surface area contributed by atoms with Crippen LogP contribution in [0.4, 0.5) is 5.82 Å². The molecular formula is C15H14N4OS. The normalized spacial score (nSPS) is 11.5. The number of nitrogens with zero attached hydrogens (tertiary/aromatic N) is 2. The van der Waals surface area contributed by atoms with Crippen LogP contribution in [0.3, 0.4) is 0 Å². The molecule has 0 unspecified atom stereocenters. The van der Waals surface area contributed by atoms with Crippen LogP contribution in [0.15, 0.2) is 28.9 Å². The lowest BCUT2D eigenvalue weighted by Gasteiger charge is -1.99. The highest BCUT2D eigenvalue weighted by molar-refractivity contribution is 7.26. The van der Waals surface area contributed by atoms with Gasteiger partial charge in [-0.1, -0.05) is 0 Å². The molecule has 4 aromatic heterocycles. The molecule has 0 fully saturated rings. The zero-order chi connectivity index (χ0) is 14.4. The molecule has 106 valence electrons. The summed E-state index contributed by atoms with van der Waals surface area (Å²) in [6, 6.07) is 5.93. The molecule has 21 heavy (non-hydrogen) atoms. The van der Waals surface area contributed by atoms with E-state index in [-0.39, 0.29) is 0 Å². The first kappa shape index (κ1) is 12.4. The molecule has 0 radical (unpaired) electrons. The third kappa shape index (κ3) is 1.99. The van der Waals surface area contributed by atoms with Crippen molar-refractivity contribution in [2.45, 2.75) is 20.4 Å². The van der Waals surface area contributed by atoms with Gasteiger partial charge in [-0.05, 0) is 37.6 Å². The quantitative estimate of drug-likeness (QED) is 0.600. The molecular weight excluding hydrogens is 284 g/mol. The van der Waals surface area contributed by atoms with E-state index in [0.717, 1.165) is 32.3 Å². The zero-order valence-corrected chi connectivity index (χ0v) is 12.5. The maximum Gasteiger partial charge on any atom is 0.166 e. The number of rotatable bonds is 3. The van der Waals surface area contributed by atoms with E-state index in [9.17, 15) is 0 Å². The van der Waals surface area contributed by atoms with Gasteiger partial charge in [-0.3, -0.25) is 5.10 Å². The van der Waals surface area contributed by atoms with Gasteiger partial charge in [0.2, 0.25) is 0 Å². The number of nitrogens with one attached hydrogen (secondary N) is 2. The van der Waals surface area contributed by atoms with Gasteiger partial charge in [0.25, 0.3) is 0 Å². The van der Waals surface area contributed by atoms with E-state index in [2.05, 4.69) is 33.5 Å². The molecule has 0 aliphatic rings. The molecule has 0 bridgehead atoms. The van der Waals surface area contributed by atoms with Gasteiger partial charge >= 0.3 is 0 Å². The molecule has 0 aromatic carbocycles. The van der Waals surface area contributed by atoms with E-state index in [4.69, 9.17) is 4.42 Å². The van der Waals surface area contributed by atoms with E-state index in [1.54, 1.807) is 17.6 Å². The summed E-state index contributed by atoms with van der Waals surface area (Å²) in [4.78, 5) is 5.67. The fraction of sp³-hybridized carbons (Fsp3) is 0.200. The van der Waals surface area contributed by atoms with Crippen LogP contribution in [-0.2, 0) is 6.54 Å². The average Bonchev–Trinajstić information content (AvgIpc) is 3.11. The van der Waals surface area contributed by atoms with Crippen LogP contribution < -0.4 is 5.32 Å². The molecule has 0 spiro atoms. The summed E-state index contributed by atoms with van der Waals surface area (Å²) in [7, 11) is 0. The van der Waals surface area contributed by atoms with E-state index in [1.165, 1.54) is 10.9 Å². The summed E-state index contributed by atoms with van der Waals surface area (Å²) >= 11 is 1.66. The van der Waals surface area contributed by atoms with Crippen LogP contribution in [0.25, 0.3) is 20.4 Å². The Morgan fingerprint density at radius 3 is 3.10 bits per heavy atom. The minimum absolute atomic E-state index is 0.618. The van der Waals surface area contributed by atoms with E-state index >= 15 is 0 Å². The van der Waals surface area contributed by atoms with Crippen LogP contribution in [-0.4, -0.2) is 15.2 Å². The van der Waals surface area contributed by atoms with Crippen molar-refractivity contribution in [2.75, 3.05) is 5.32 Å². The highest BCUT2D eigenvalue weighted by atomic mass is 32.1. The molecule has 0 saturated heterocycles. The van der Waals surface area contributed by atoms with E-state index in [1.807, 2.05) is 19.1 Å². The van der Waals surface area contributed by atoms with Gasteiger partial charge in [0, 0.05) is 11.1 Å². The van der Waals surface area contributed by atoms with Gasteiger partial charge in [0.05, 0.1) is 23.0 Å². The minimum Gasteiger partial charge on any atom is -0.467 e. The molecule has 0 amide bonds. The Kier molecular flexibility index (Phi) is 2.71. The average molecular weight is 298 g/mol. The highest BCUT2D eigenvalue weighted by Crippen LogP contribution is 2.37. The van der Waals surface area contributed by atoms with Gasteiger partial charge in [0.1, 0.15) is 10.6 Å². The molecule has 0 aliphatic heterocycles. The van der Waals surface area contributed by atoms with Crippen LogP contribution in [0, 0.1) is 13.8 Å². The van der Waals surface area contributed by atoms with Gasteiger partial charge in [-0.15, -0.1) is 11.3 Å². The summed E-state index contributed by atoms with van der Waals surface area (Å²) in [6.07, 6.45) is 1.67. The first-order valence-electron chi connectivity index (χ1n) is 6.73. The van der Waals surface area contributed by atoms with Crippen molar-refractivity contribution in [3.63, 3.8) is 0 Å². The number of aryl methyl sites for hydroxylation is 2. The first-order valence-corrected chi connectivity index (χ1v) is 7.55. The predicted molar refractivity (Wildman–Crippen MR) is 84.8 cm³/mol. The second-order valence-corrected chi connectivity index (χ2v) is 6.07. The van der Waals surface area contributed by atoms with Crippen molar-refractivity contribution in [1.82, 2.24) is 15.2 Å². The number of aromatic nitrogens is 3. The van der Waals surface area contributed by atoms with Gasteiger partial charge in [0.15, 0.2) is 5.82 Å². The number of furan rings is 1. The molecule has 0 aliphatic carbocycles. The summed E-state index contributed by atoms with van der Waals surface area (Å²) < 4.78 is 6.44. The van der Waals surface area contributed by atoms with Crippen molar-refractivity contribution in [3.05, 3.63) is 41.5 Å². The SMILES string of the molecule is Cc1cc(C)c2c(n1)sc1c(NCc3ccco3)n[nH]c12. The Morgan fingerprint density at radius 1 is 1.38 bits per heavy atom. The van der Waals surface area contributed by atoms with Gasteiger partial charge < -0.3 is 9.73 Å². The van der Waals surface area contributed by atoms with E-state index < -0.39 is 0 Å². The summed E-state index contributed by atoms with van der Waals surface area (Å²) in [5.74, 6) is 1.74. The molecule has 2 N–H and O–H groups in total. The predicted octanol–water partition coefficient (Wildman–Crippen LogP) is 3.99. The number of anilines is 1. The van der Waals surface area contributed by atoms with Gasteiger partial charge in [-0.2, -0.15) is 5.10 Å². The fourth-order valence-electron chi connectivity index (χ4n) is 2.58. The topological polar surface area (TPSA) is 66.7 Å². The van der Waals surface area contributed by atoms with Crippen molar-refractivity contribution in [2.24, 2.45) is 0 Å². The molecule has 4 rings (SSSR count). The standard InChI is InChI=1S/C15H14N4OS/c1-8-6-9(2)17-15-11(8)12-13(21-15)14(19-18-12)16-7-10-4-3-5-20-10/h3-6H,7H2,1-2H3,(H2,16,18,19). The van der Waals surface area contributed by atoms with Crippen molar-refractivity contribution >= 4 is 37.6 Å². The number of aromatic amines is 1. The molecule has 0 atom stereocenters. The number of H-pyrrole nitrogens is 1. The summed E-state index contributed by atoms with van der Waals surface area (Å²) in [5.41, 5.74) is 3.33. The first-order chi connectivity index (χ1) is 10.2. The number of thiophene rings is 1. The van der Waals surface area contributed by atoms with Crippen molar-refractivity contribution < 1.29 is 4.42 Å². The van der Waals surface area contributed by atoms with Crippen LogP contribution >= 0.6 is 11.3 Å². The third-order valence-electron chi connectivity index (χ3n) is 3.49. The fourth-order valence-corrected chi connectivity index (χ4v) is 3.79. The molecule has 4 aromatic rings. The lowest BCUT2D eigenvalue weighted by atomic mass is 10.2. The molecule has 0 saturated carbocycles. The van der Waals surface area contributed by atoms with E-state index in [0.29, 0.717) is 6.54 Å². The Balaban J connectivity index is 1.79. The summed E-state index contributed by atoms with van der Waals surface area (Å²) in [5, 5.41) is 12.0. The maximum atomic E-state index is 5.33. The minimum atomic E-state index is 0.618. The number of fused-ring (bicyclic) bond motifs is 3. The monoisotopic (exact) mass is 298 g/mol. The Morgan fingerprint density at radius 2 is 2.29 bits per heavy atom. The van der Waals surface area contributed by atoms with Crippen LogP contribution in [0.2, 0.25) is 0 Å². The van der Waals surface area contributed by atoms with Gasteiger partial charge in [-0.25, -0.2) is 4.98 Å². The van der Waals surface area contributed by atoms with Crippen molar-refractivity contribution in [1.29, 1.82) is 0 Å². The lowest BCUT2D eigenvalue weighted by Crippen LogP contribution is -1.98. The Labute approximate surface area is 125 Å². The molecule has 4 heterocycles. The zero-order valence-electron chi connectivity index (χ0n) is 11.7.